The molecule has 1 atom stereocenters. The van der Waals surface area contributed by atoms with Crippen LogP contribution in [0.2, 0.25) is 5.02 Å². The molecule has 6 heteroatoms. The van der Waals surface area contributed by atoms with Gasteiger partial charge in [0.05, 0.1) is 24.0 Å². The van der Waals surface area contributed by atoms with Crippen molar-refractivity contribution in [1.82, 2.24) is 4.90 Å². The van der Waals surface area contributed by atoms with E-state index in [1.54, 1.807) is 18.2 Å². The van der Waals surface area contributed by atoms with Crippen molar-refractivity contribution in [2.75, 3.05) is 30.7 Å². The highest BCUT2D eigenvalue weighted by Crippen LogP contribution is 2.22. The molecule has 104 valence electrons. The number of nitrogens with one attached hydrogen (secondary N) is 1. The maximum atomic E-state index is 11.9. The Kier molecular flexibility index (Phi) is 4.63. The van der Waals surface area contributed by atoms with Crippen LogP contribution in [0.25, 0.3) is 0 Å². The number of benzene rings is 1. The number of nitrogens with zero attached hydrogens (tertiary/aromatic N) is 1. The lowest BCUT2D eigenvalue weighted by atomic mass is 10.1. The number of nitrogen functional groups attached to an aromatic ring is 1. The number of carbonyl (C=O) groups is 1. The van der Waals surface area contributed by atoms with Gasteiger partial charge in [-0.15, -0.1) is 0 Å². The third kappa shape index (κ3) is 4.09. The molecule has 0 radical (unpaired) electrons. The fraction of sp³-hybridized carbons (Fsp3) is 0.462. The minimum atomic E-state index is -0.331. The van der Waals surface area contributed by atoms with Crippen molar-refractivity contribution in [2.24, 2.45) is 0 Å². The fourth-order valence-corrected chi connectivity index (χ4v) is 2.40. The second-order valence-electron chi connectivity index (χ2n) is 4.81. The van der Waals surface area contributed by atoms with E-state index in [0.717, 1.165) is 19.4 Å². The molecule has 1 aliphatic heterocycles. The highest BCUT2D eigenvalue weighted by Gasteiger charge is 2.19. The lowest BCUT2D eigenvalue weighted by Gasteiger charge is -2.29. The van der Waals surface area contributed by atoms with Gasteiger partial charge < -0.3 is 16.2 Å². The number of halogens is 1. The summed E-state index contributed by atoms with van der Waals surface area (Å²) >= 11 is 5.80. The molecule has 1 aromatic rings. The molecular formula is C13H18ClN3O2. The molecule has 2 rings (SSSR count). The highest BCUT2D eigenvalue weighted by atomic mass is 35.5. The maximum absolute atomic E-state index is 11.9. The Morgan fingerprint density at radius 2 is 2.37 bits per heavy atom. The van der Waals surface area contributed by atoms with Crippen LogP contribution in [-0.2, 0) is 4.79 Å². The highest BCUT2D eigenvalue weighted by molar-refractivity contribution is 6.31. The predicted octanol–water partition coefficient (Wildman–Crippen LogP) is 1.32. The van der Waals surface area contributed by atoms with E-state index in [0.29, 0.717) is 22.9 Å². The van der Waals surface area contributed by atoms with E-state index in [2.05, 4.69) is 5.32 Å². The molecule has 0 aromatic heterocycles. The quantitative estimate of drug-likeness (QED) is 0.731. The Morgan fingerprint density at radius 3 is 3.05 bits per heavy atom. The molecule has 5 nitrogen and oxygen atoms in total. The number of amides is 1. The molecule has 1 aliphatic rings. The van der Waals surface area contributed by atoms with Gasteiger partial charge in [-0.05, 0) is 37.6 Å². The molecule has 0 spiro atoms. The Morgan fingerprint density at radius 1 is 1.58 bits per heavy atom. The van der Waals surface area contributed by atoms with Crippen molar-refractivity contribution in [1.29, 1.82) is 0 Å². The minimum Gasteiger partial charge on any atom is -0.397 e. The topological polar surface area (TPSA) is 78.6 Å². The van der Waals surface area contributed by atoms with Crippen LogP contribution >= 0.6 is 11.6 Å². The molecule has 1 unspecified atom stereocenters. The van der Waals surface area contributed by atoms with E-state index >= 15 is 0 Å². The smallest absolute Gasteiger partial charge is 0.238 e. The molecule has 19 heavy (non-hydrogen) atoms. The molecule has 0 bridgehead atoms. The zero-order valence-corrected chi connectivity index (χ0v) is 11.4. The van der Waals surface area contributed by atoms with Gasteiger partial charge in [-0.25, -0.2) is 0 Å². The summed E-state index contributed by atoms with van der Waals surface area (Å²) in [5, 5.41) is 12.8. The molecule has 1 fully saturated rings. The number of piperidine rings is 1. The van der Waals surface area contributed by atoms with Gasteiger partial charge in [0.15, 0.2) is 0 Å². The van der Waals surface area contributed by atoms with E-state index < -0.39 is 0 Å². The molecule has 0 aliphatic carbocycles. The lowest BCUT2D eigenvalue weighted by molar-refractivity contribution is -0.118. The largest absolute Gasteiger partial charge is 0.397 e. The van der Waals surface area contributed by atoms with Crippen molar-refractivity contribution >= 4 is 28.9 Å². The van der Waals surface area contributed by atoms with E-state index in [4.69, 9.17) is 17.3 Å². The lowest BCUT2D eigenvalue weighted by Crippen LogP contribution is -2.42. The van der Waals surface area contributed by atoms with Gasteiger partial charge in [0.1, 0.15) is 0 Å². The Labute approximate surface area is 117 Å². The summed E-state index contributed by atoms with van der Waals surface area (Å²) in [5.41, 5.74) is 6.78. The second kappa shape index (κ2) is 6.23. The van der Waals surface area contributed by atoms with E-state index in [-0.39, 0.29) is 18.6 Å². The molecule has 0 saturated carbocycles. The predicted molar refractivity (Wildman–Crippen MR) is 76.2 cm³/mol. The van der Waals surface area contributed by atoms with Crippen molar-refractivity contribution in [2.45, 2.75) is 18.9 Å². The number of rotatable bonds is 3. The van der Waals surface area contributed by atoms with Crippen molar-refractivity contribution in [3.8, 4) is 0 Å². The molecule has 1 heterocycles. The van der Waals surface area contributed by atoms with Crippen LogP contribution in [0.3, 0.4) is 0 Å². The number of aliphatic hydroxyl groups is 1. The van der Waals surface area contributed by atoms with E-state index in [1.165, 1.54) is 0 Å². The standard InChI is InChI=1S/C13H18ClN3O2/c14-9-3-4-12(11(15)6-9)16-13(19)8-17-5-1-2-10(18)7-17/h3-4,6,10,18H,1-2,5,7-8,15H2,(H,16,19). The summed E-state index contributed by atoms with van der Waals surface area (Å²) in [7, 11) is 0. The van der Waals surface area contributed by atoms with Gasteiger partial charge in [-0.3, -0.25) is 9.69 Å². The molecule has 1 aromatic carbocycles. The Balaban J connectivity index is 1.90. The minimum absolute atomic E-state index is 0.136. The normalized spacial score (nSPS) is 20.2. The number of carbonyl (C=O) groups excluding carboxylic acids is 1. The molecule has 1 amide bonds. The van der Waals surface area contributed by atoms with Crippen LogP contribution in [0.5, 0.6) is 0 Å². The molecule has 1 saturated heterocycles. The van der Waals surface area contributed by atoms with Crippen molar-refractivity contribution in [3.63, 3.8) is 0 Å². The number of hydrogen-bond acceptors (Lipinski definition) is 4. The molecular weight excluding hydrogens is 266 g/mol. The van der Waals surface area contributed by atoms with Crippen LogP contribution in [0.15, 0.2) is 18.2 Å². The third-order valence-corrected chi connectivity index (χ3v) is 3.37. The van der Waals surface area contributed by atoms with Gasteiger partial charge in [0, 0.05) is 11.6 Å². The van der Waals surface area contributed by atoms with Crippen LogP contribution in [-0.4, -0.2) is 41.7 Å². The molecule has 4 N–H and O–H groups in total. The maximum Gasteiger partial charge on any atom is 0.238 e. The first-order valence-corrected chi connectivity index (χ1v) is 6.67. The third-order valence-electron chi connectivity index (χ3n) is 3.14. The Bertz CT molecular complexity index is 467. The van der Waals surface area contributed by atoms with Crippen LogP contribution < -0.4 is 11.1 Å². The first kappa shape index (κ1) is 14.1. The van der Waals surface area contributed by atoms with E-state index in [1.807, 2.05) is 4.90 Å². The van der Waals surface area contributed by atoms with Crippen molar-refractivity contribution in [3.05, 3.63) is 23.2 Å². The first-order valence-electron chi connectivity index (χ1n) is 6.30. The van der Waals surface area contributed by atoms with Crippen LogP contribution in [0.1, 0.15) is 12.8 Å². The average Bonchev–Trinajstić information content (AvgIpc) is 2.33. The summed E-state index contributed by atoms with van der Waals surface area (Å²) in [6, 6.07) is 4.96. The second-order valence-corrected chi connectivity index (χ2v) is 5.25. The fourth-order valence-electron chi connectivity index (χ4n) is 2.21. The number of anilines is 2. The number of hydrogen-bond donors (Lipinski definition) is 3. The van der Waals surface area contributed by atoms with Crippen LogP contribution in [0.4, 0.5) is 11.4 Å². The number of likely N-dealkylation sites (tertiary alicyclic amines) is 1. The van der Waals surface area contributed by atoms with Gasteiger partial charge in [-0.1, -0.05) is 11.6 Å². The summed E-state index contributed by atoms with van der Waals surface area (Å²) in [4.78, 5) is 13.8. The number of nitrogens with two attached hydrogens (primary N) is 1. The zero-order chi connectivity index (χ0) is 13.8. The van der Waals surface area contributed by atoms with E-state index in [9.17, 15) is 9.90 Å². The first-order chi connectivity index (χ1) is 9.04. The number of β-amino-alcohol motifs (C(OH)–C–C–N with tert-alkyl or cyclic N) is 1. The Hall–Kier alpha value is -1.30. The van der Waals surface area contributed by atoms with Gasteiger partial charge in [0.25, 0.3) is 0 Å². The van der Waals surface area contributed by atoms with Gasteiger partial charge >= 0.3 is 0 Å². The van der Waals surface area contributed by atoms with Crippen LogP contribution in [0, 0.1) is 0 Å². The monoisotopic (exact) mass is 283 g/mol. The van der Waals surface area contributed by atoms with Gasteiger partial charge in [0.2, 0.25) is 5.91 Å². The van der Waals surface area contributed by atoms with Gasteiger partial charge in [-0.2, -0.15) is 0 Å². The zero-order valence-electron chi connectivity index (χ0n) is 10.6. The van der Waals surface area contributed by atoms with Crippen molar-refractivity contribution < 1.29 is 9.90 Å². The summed E-state index contributed by atoms with van der Waals surface area (Å²) in [6.07, 6.45) is 1.39. The SMILES string of the molecule is Nc1cc(Cl)ccc1NC(=O)CN1CCCC(O)C1. The average molecular weight is 284 g/mol. The summed E-state index contributed by atoms with van der Waals surface area (Å²) in [6.45, 7) is 1.64. The number of aliphatic hydroxyl groups excluding tert-OH is 1. The summed E-state index contributed by atoms with van der Waals surface area (Å²) in [5.74, 6) is -0.136. The summed E-state index contributed by atoms with van der Waals surface area (Å²) < 4.78 is 0.